The molecule has 0 aliphatic heterocycles. The van der Waals surface area contributed by atoms with Crippen LogP contribution < -0.4 is 10.6 Å². The maximum absolute atomic E-state index is 12.9. The minimum Gasteiger partial charge on any atom is -0.350 e. The SMILES string of the molecule is Cc1ccc(S(C)(=O)=O)cc1C(=O)NCC1(NC(C)c2ccccc2)CCCC1. The van der Waals surface area contributed by atoms with Crippen molar-refractivity contribution in [2.75, 3.05) is 12.8 Å². The van der Waals surface area contributed by atoms with Crippen molar-refractivity contribution in [1.29, 1.82) is 0 Å². The molecule has 5 nitrogen and oxygen atoms in total. The second kappa shape index (κ2) is 8.67. The molecule has 3 rings (SSSR count). The first-order valence-electron chi connectivity index (χ1n) is 10.1. The van der Waals surface area contributed by atoms with Gasteiger partial charge in [0.25, 0.3) is 5.91 Å². The molecule has 29 heavy (non-hydrogen) atoms. The van der Waals surface area contributed by atoms with Crippen LogP contribution in [0.5, 0.6) is 0 Å². The predicted molar refractivity (Wildman–Crippen MR) is 116 cm³/mol. The standard InChI is InChI=1S/C23H30N2O3S/c1-17-11-12-20(29(3,27)28)15-21(17)22(26)24-16-23(13-7-8-14-23)25-18(2)19-9-5-4-6-10-19/h4-6,9-12,15,18,25H,7-8,13-14,16H2,1-3H3,(H,24,26). The summed E-state index contributed by atoms with van der Waals surface area (Å²) in [6.07, 6.45) is 5.43. The van der Waals surface area contributed by atoms with Gasteiger partial charge in [0.2, 0.25) is 0 Å². The third-order valence-electron chi connectivity index (χ3n) is 5.85. The summed E-state index contributed by atoms with van der Waals surface area (Å²) in [5.74, 6) is -0.228. The molecule has 1 aliphatic rings. The molecule has 1 unspecified atom stereocenters. The Bertz CT molecular complexity index is 965. The number of hydrogen-bond donors (Lipinski definition) is 2. The number of carbonyl (C=O) groups excluding carboxylic acids is 1. The van der Waals surface area contributed by atoms with E-state index in [0.29, 0.717) is 12.1 Å². The van der Waals surface area contributed by atoms with Gasteiger partial charge in [0.1, 0.15) is 0 Å². The molecule has 0 radical (unpaired) electrons. The van der Waals surface area contributed by atoms with E-state index in [1.54, 1.807) is 12.1 Å². The molecule has 0 spiro atoms. The van der Waals surface area contributed by atoms with Gasteiger partial charge < -0.3 is 10.6 Å². The van der Waals surface area contributed by atoms with Gasteiger partial charge in [-0.05, 0) is 49.9 Å². The fourth-order valence-corrected chi connectivity index (χ4v) is 4.78. The Labute approximate surface area is 173 Å². The van der Waals surface area contributed by atoms with E-state index in [4.69, 9.17) is 0 Å². The van der Waals surface area contributed by atoms with Gasteiger partial charge in [-0.2, -0.15) is 0 Å². The van der Waals surface area contributed by atoms with Gasteiger partial charge in [-0.1, -0.05) is 49.2 Å². The molecule has 1 saturated carbocycles. The van der Waals surface area contributed by atoms with E-state index < -0.39 is 9.84 Å². The minimum absolute atomic E-state index is 0.146. The second-order valence-electron chi connectivity index (χ2n) is 8.20. The Hall–Kier alpha value is -2.18. The molecular formula is C23H30N2O3S. The van der Waals surface area contributed by atoms with E-state index in [0.717, 1.165) is 37.5 Å². The lowest BCUT2D eigenvalue weighted by Gasteiger charge is -2.34. The predicted octanol–water partition coefficient (Wildman–Crippen LogP) is 3.79. The van der Waals surface area contributed by atoms with Gasteiger partial charge in [-0.15, -0.1) is 0 Å². The smallest absolute Gasteiger partial charge is 0.251 e. The third-order valence-corrected chi connectivity index (χ3v) is 6.96. The lowest BCUT2D eigenvalue weighted by Crippen LogP contribution is -2.52. The molecule has 156 valence electrons. The minimum atomic E-state index is -3.36. The summed E-state index contributed by atoms with van der Waals surface area (Å²) in [7, 11) is -3.36. The van der Waals surface area contributed by atoms with Gasteiger partial charge in [-0.3, -0.25) is 4.79 Å². The van der Waals surface area contributed by atoms with Crippen LogP contribution in [0.3, 0.4) is 0 Å². The van der Waals surface area contributed by atoms with Crippen LogP contribution in [-0.2, 0) is 9.84 Å². The zero-order valence-corrected chi connectivity index (χ0v) is 18.2. The summed E-state index contributed by atoms with van der Waals surface area (Å²) in [4.78, 5) is 13.0. The van der Waals surface area contributed by atoms with E-state index in [-0.39, 0.29) is 22.4 Å². The fraction of sp³-hybridized carbons (Fsp3) is 0.435. The molecule has 1 amide bonds. The van der Waals surface area contributed by atoms with Crippen LogP contribution in [0, 0.1) is 6.92 Å². The Kier molecular flexibility index (Phi) is 6.44. The Morgan fingerprint density at radius 2 is 1.76 bits per heavy atom. The van der Waals surface area contributed by atoms with Crippen molar-refractivity contribution in [3.8, 4) is 0 Å². The summed E-state index contributed by atoms with van der Waals surface area (Å²) in [6, 6.07) is 15.2. The first-order chi connectivity index (χ1) is 13.7. The van der Waals surface area contributed by atoms with Gasteiger partial charge in [0, 0.05) is 29.9 Å². The summed E-state index contributed by atoms with van der Waals surface area (Å²) < 4.78 is 23.7. The molecule has 1 aliphatic carbocycles. The van der Waals surface area contributed by atoms with Crippen molar-refractivity contribution in [3.05, 3.63) is 65.2 Å². The number of rotatable bonds is 7. The largest absolute Gasteiger partial charge is 0.350 e. The Morgan fingerprint density at radius 1 is 1.10 bits per heavy atom. The maximum atomic E-state index is 12.9. The number of aryl methyl sites for hydroxylation is 1. The zero-order chi connectivity index (χ0) is 21.1. The molecule has 0 saturated heterocycles. The van der Waals surface area contributed by atoms with Crippen LogP contribution >= 0.6 is 0 Å². The summed E-state index contributed by atoms with van der Waals surface area (Å²) in [5.41, 5.74) is 2.26. The maximum Gasteiger partial charge on any atom is 0.251 e. The molecule has 2 N–H and O–H groups in total. The number of benzene rings is 2. The lowest BCUT2D eigenvalue weighted by atomic mass is 9.94. The topological polar surface area (TPSA) is 75.3 Å². The molecule has 0 bridgehead atoms. The fourth-order valence-electron chi connectivity index (χ4n) is 4.13. The van der Waals surface area contributed by atoms with Gasteiger partial charge in [0.05, 0.1) is 4.90 Å². The number of carbonyl (C=O) groups is 1. The molecule has 2 aromatic carbocycles. The van der Waals surface area contributed by atoms with E-state index in [9.17, 15) is 13.2 Å². The Balaban J connectivity index is 1.73. The number of hydrogen-bond acceptors (Lipinski definition) is 4. The quantitative estimate of drug-likeness (QED) is 0.723. The van der Waals surface area contributed by atoms with Gasteiger partial charge in [-0.25, -0.2) is 8.42 Å². The summed E-state index contributed by atoms with van der Waals surface area (Å²) in [6.45, 7) is 4.49. The van der Waals surface area contributed by atoms with E-state index >= 15 is 0 Å². The van der Waals surface area contributed by atoms with E-state index in [1.807, 2.05) is 25.1 Å². The Morgan fingerprint density at radius 3 is 2.38 bits per heavy atom. The van der Waals surface area contributed by atoms with Gasteiger partial charge >= 0.3 is 0 Å². The number of amides is 1. The summed E-state index contributed by atoms with van der Waals surface area (Å²) >= 11 is 0. The highest BCUT2D eigenvalue weighted by atomic mass is 32.2. The zero-order valence-electron chi connectivity index (χ0n) is 17.4. The third kappa shape index (κ3) is 5.25. The molecule has 2 aromatic rings. The van der Waals surface area contributed by atoms with Crippen molar-refractivity contribution in [3.63, 3.8) is 0 Å². The second-order valence-corrected chi connectivity index (χ2v) is 10.2. The van der Waals surface area contributed by atoms with Gasteiger partial charge in [0.15, 0.2) is 9.84 Å². The van der Waals surface area contributed by atoms with Crippen molar-refractivity contribution < 1.29 is 13.2 Å². The van der Waals surface area contributed by atoms with Crippen LogP contribution in [0.25, 0.3) is 0 Å². The van der Waals surface area contributed by atoms with E-state index in [2.05, 4.69) is 29.7 Å². The molecular weight excluding hydrogens is 384 g/mol. The van der Waals surface area contributed by atoms with Crippen molar-refractivity contribution in [2.45, 2.75) is 56.0 Å². The average molecular weight is 415 g/mol. The summed E-state index contributed by atoms with van der Waals surface area (Å²) in [5, 5.41) is 6.82. The van der Waals surface area contributed by atoms with Crippen molar-refractivity contribution in [1.82, 2.24) is 10.6 Å². The number of nitrogens with one attached hydrogen (secondary N) is 2. The normalized spacial score (nSPS) is 17.1. The van der Waals surface area contributed by atoms with Crippen LogP contribution in [0.4, 0.5) is 0 Å². The molecule has 0 aromatic heterocycles. The molecule has 1 fully saturated rings. The highest BCUT2D eigenvalue weighted by molar-refractivity contribution is 7.90. The van der Waals surface area contributed by atoms with Crippen LogP contribution in [0.15, 0.2) is 53.4 Å². The van der Waals surface area contributed by atoms with Crippen LogP contribution in [-0.4, -0.2) is 32.7 Å². The first kappa shape index (κ1) is 21.5. The molecule has 6 heteroatoms. The van der Waals surface area contributed by atoms with Crippen LogP contribution in [0.1, 0.15) is 60.1 Å². The highest BCUT2D eigenvalue weighted by Gasteiger charge is 2.35. The first-order valence-corrected chi connectivity index (χ1v) is 12.0. The van der Waals surface area contributed by atoms with Crippen molar-refractivity contribution >= 4 is 15.7 Å². The number of sulfone groups is 1. The highest BCUT2D eigenvalue weighted by Crippen LogP contribution is 2.32. The monoisotopic (exact) mass is 414 g/mol. The van der Waals surface area contributed by atoms with Crippen LogP contribution in [0.2, 0.25) is 0 Å². The molecule has 1 atom stereocenters. The van der Waals surface area contributed by atoms with E-state index in [1.165, 1.54) is 11.6 Å². The lowest BCUT2D eigenvalue weighted by molar-refractivity contribution is 0.0936. The van der Waals surface area contributed by atoms with Crippen molar-refractivity contribution in [2.24, 2.45) is 0 Å². The molecule has 0 heterocycles. The average Bonchev–Trinajstić information content (AvgIpc) is 3.15.